The zero-order valence-electron chi connectivity index (χ0n) is 12.7. The molecular formula is C16H24N4O. The first kappa shape index (κ1) is 14.4. The van der Waals surface area contributed by atoms with E-state index >= 15 is 0 Å². The monoisotopic (exact) mass is 288 g/mol. The Labute approximate surface area is 126 Å². The van der Waals surface area contributed by atoms with E-state index in [2.05, 4.69) is 51.6 Å². The number of amides is 1. The Bertz CT molecular complexity index is 484. The number of piperazine rings is 1. The highest BCUT2D eigenvalue weighted by Gasteiger charge is 2.34. The van der Waals surface area contributed by atoms with Crippen molar-refractivity contribution in [3.8, 4) is 0 Å². The Morgan fingerprint density at radius 3 is 2.33 bits per heavy atom. The Hall–Kier alpha value is -1.59. The van der Waals surface area contributed by atoms with Crippen molar-refractivity contribution < 1.29 is 4.79 Å². The summed E-state index contributed by atoms with van der Waals surface area (Å²) in [4.78, 5) is 16.7. The van der Waals surface area contributed by atoms with Gasteiger partial charge in [0.15, 0.2) is 0 Å². The van der Waals surface area contributed by atoms with Gasteiger partial charge < -0.3 is 10.2 Å². The van der Waals surface area contributed by atoms with Gasteiger partial charge in [0.05, 0.1) is 5.92 Å². The smallest absolute Gasteiger partial charge is 0.226 e. The highest BCUT2D eigenvalue weighted by molar-refractivity contribution is 5.80. The molecule has 5 nitrogen and oxygen atoms in total. The van der Waals surface area contributed by atoms with Gasteiger partial charge in [0.1, 0.15) is 6.29 Å². The van der Waals surface area contributed by atoms with Crippen molar-refractivity contribution in [1.29, 1.82) is 0 Å². The molecule has 2 aliphatic heterocycles. The van der Waals surface area contributed by atoms with Gasteiger partial charge in [-0.15, -0.1) is 0 Å². The van der Waals surface area contributed by atoms with Gasteiger partial charge in [-0.3, -0.25) is 15.0 Å². The molecule has 3 unspecified atom stereocenters. The van der Waals surface area contributed by atoms with Crippen LogP contribution in [-0.4, -0.2) is 49.3 Å². The number of anilines is 1. The van der Waals surface area contributed by atoms with Gasteiger partial charge in [-0.2, -0.15) is 0 Å². The number of nitrogens with one attached hydrogen (secondary N) is 2. The van der Waals surface area contributed by atoms with Crippen LogP contribution in [0, 0.1) is 5.92 Å². The SMILES string of the molecule is CC1NC(N2CCN(c3ccccc3)CC2)NC(=O)C1C. The van der Waals surface area contributed by atoms with Crippen LogP contribution in [0.2, 0.25) is 0 Å². The highest BCUT2D eigenvalue weighted by atomic mass is 16.2. The van der Waals surface area contributed by atoms with Gasteiger partial charge in [-0.05, 0) is 19.1 Å². The summed E-state index contributed by atoms with van der Waals surface area (Å²) < 4.78 is 0. The normalized spacial score (nSPS) is 31.0. The fraction of sp³-hybridized carbons (Fsp3) is 0.562. The Balaban J connectivity index is 1.58. The molecule has 2 heterocycles. The maximum absolute atomic E-state index is 12.0. The molecule has 0 aliphatic carbocycles. The summed E-state index contributed by atoms with van der Waals surface area (Å²) in [5.74, 6) is 0.184. The maximum atomic E-state index is 12.0. The largest absolute Gasteiger partial charge is 0.369 e. The fourth-order valence-electron chi connectivity index (χ4n) is 3.00. The van der Waals surface area contributed by atoms with E-state index in [1.807, 2.05) is 13.0 Å². The van der Waals surface area contributed by atoms with Gasteiger partial charge >= 0.3 is 0 Å². The molecule has 0 aromatic heterocycles. The van der Waals surface area contributed by atoms with Gasteiger partial charge in [0, 0.05) is 37.9 Å². The number of para-hydroxylation sites is 1. The third-order valence-corrected chi connectivity index (χ3v) is 4.66. The standard InChI is InChI=1S/C16H24N4O/c1-12-13(2)17-16(18-15(12)21)20-10-8-19(9-11-20)14-6-4-3-5-7-14/h3-7,12-13,16-17H,8-11H2,1-2H3,(H,18,21). The Morgan fingerprint density at radius 1 is 1.05 bits per heavy atom. The Kier molecular flexibility index (Phi) is 4.12. The van der Waals surface area contributed by atoms with E-state index in [0.717, 1.165) is 26.2 Å². The first-order valence-corrected chi connectivity index (χ1v) is 7.75. The average Bonchev–Trinajstić information content (AvgIpc) is 2.53. The van der Waals surface area contributed by atoms with Crippen LogP contribution >= 0.6 is 0 Å². The molecule has 1 aromatic rings. The molecule has 0 radical (unpaired) electrons. The van der Waals surface area contributed by atoms with Gasteiger partial charge in [-0.25, -0.2) is 0 Å². The second-order valence-corrected chi connectivity index (χ2v) is 6.01. The quantitative estimate of drug-likeness (QED) is 0.846. The number of rotatable bonds is 2. The van der Waals surface area contributed by atoms with E-state index in [1.54, 1.807) is 0 Å². The number of benzene rings is 1. The van der Waals surface area contributed by atoms with Crippen LogP contribution < -0.4 is 15.5 Å². The van der Waals surface area contributed by atoms with Crippen molar-refractivity contribution in [3.05, 3.63) is 30.3 Å². The second kappa shape index (κ2) is 6.03. The molecule has 1 aromatic carbocycles. The highest BCUT2D eigenvalue weighted by Crippen LogP contribution is 2.17. The zero-order valence-corrected chi connectivity index (χ0v) is 12.7. The van der Waals surface area contributed by atoms with E-state index in [4.69, 9.17) is 0 Å². The average molecular weight is 288 g/mol. The predicted octanol–water partition coefficient (Wildman–Crippen LogP) is 0.836. The molecule has 114 valence electrons. The number of nitrogens with zero attached hydrogens (tertiary/aromatic N) is 2. The van der Waals surface area contributed by atoms with Crippen molar-refractivity contribution >= 4 is 11.6 Å². The lowest BCUT2D eigenvalue weighted by Crippen LogP contribution is -2.68. The number of carbonyl (C=O) groups is 1. The molecule has 0 bridgehead atoms. The first-order chi connectivity index (χ1) is 10.1. The minimum Gasteiger partial charge on any atom is -0.369 e. The van der Waals surface area contributed by atoms with Gasteiger partial charge in [-0.1, -0.05) is 25.1 Å². The summed E-state index contributed by atoms with van der Waals surface area (Å²) >= 11 is 0. The van der Waals surface area contributed by atoms with Crippen LogP contribution in [0.15, 0.2) is 30.3 Å². The summed E-state index contributed by atoms with van der Waals surface area (Å²) in [5, 5.41) is 6.57. The molecule has 5 heteroatoms. The van der Waals surface area contributed by atoms with E-state index in [-0.39, 0.29) is 24.2 Å². The van der Waals surface area contributed by atoms with Crippen LogP contribution in [0.25, 0.3) is 0 Å². The van der Waals surface area contributed by atoms with E-state index in [9.17, 15) is 4.79 Å². The van der Waals surface area contributed by atoms with Crippen LogP contribution in [0.1, 0.15) is 13.8 Å². The number of hydrogen-bond acceptors (Lipinski definition) is 4. The lowest BCUT2D eigenvalue weighted by Gasteiger charge is -2.44. The molecular weight excluding hydrogens is 264 g/mol. The number of carbonyl (C=O) groups excluding carboxylic acids is 1. The summed E-state index contributed by atoms with van der Waals surface area (Å²) in [6, 6.07) is 10.7. The lowest BCUT2D eigenvalue weighted by atomic mass is 10.0. The van der Waals surface area contributed by atoms with Crippen LogP contribution in [0.5, 0.6) is 0 Å². The van der Waals surface area contributed by atoms with Crippen molar-refractivity contribution in [2.45, 2.75) is 26.2 Å². The minimum atomic E-state index is -0.0263. The zero-order chi connectivity index (χ0) is 14.8. The maximum Gasteiger partial charge on any atom is 0.226 e. The van der Waals surface area contributed by atoms with E-state index in [1.165, 1.54) is 5.69 Å². The molecule has 2 N–H and O–H groups in total. The molecule has 0 spiro atoms. The van der Waals surface area contributed by atoms with Crippen molar-refractivity contribution in [3.63, 3.8) is 0 Å². The molecule has 2 saturated heterocycles. The minimum absolute atomic E-state index is 0.0263. The number of hydrogen-bond donors (Lipinski definition) is 2. The predicted molar refractivity (Wildman–Crippen MR) is 83.9 cm³/mol. The molecule has 2 aliphatic rings. The van der Waals surface area contributed by atoms with Crippen LogP contribution in [0.3, 0.4) is 0 Å². The van der Waals surface area contributed by atoms with Crippen molar-refractivity contribution in [1.82, 2.24) is 15.5 Å². The molecule has 1 amide bonds. The molecule has 3 rings (SSSR count). The summed E-state index contributed by atoms with van der Waals surface area (Å²) in [6.45, 7) is 7.93. The third kappa shape index (κ3) is 3.04. The van der Waals surface area contributed by atoms with Crippen molar-refractivity contribution in [2.24, 2.45) is 5.92 Å². The van der Waals surface area contributed by atoms with Gasteiger partial charge in [0.2, 0.25) is 5.91 Å². The Morgan fingerprint density at radius 2 is 1.71 bits per heavy atom. The third-order valence-electron chi connectivity index (χ3n) is 4.66. The first-order valence-electron chi connectivity index (χ1n) is 7.75. The summed E-state index contributed by atoms with van der Waals surface area (Å²) in [7, 11) is 0. The summed E-state index contributed by atoms with van der Waals surface area (Å²) in [5.41, 5.74) is 1.28. The molecule has 2 fully saturated rings. The van der Waals surface area contributed by atoms with E-state index in [0.29, 0.717) is 0 Å². The fourth-order valence-corrected chi connectivity index (χ4v) is 3.00. The van der Waals surface area contributed by atoms with Gasteiger partial charge in [0.25, 0.3) is 0 Å². The van der Waals surface area contributed by atoms with E-state index < -0.39 is 0 Å². The van der Waals surface area contributed by atoms with Crippen molar-refractivity contribution in [2.75, 3.05) is 31.1 Å². The van der Waals surface area contributed by atoms with Crippen LogP contribution in [-0.2, 0) is 4.79 Å². The lowest BCUT2D eigenvalue weighted by molar-refractivity contribution is -0.131. The molecule has 0 saturated carbocycles. The molecule has 3 atom stereocenters. The summed E-state index contributed by atoms with van der Waals surface area (Å²) in [6.07, 6.45) is -0.0263. The topological polar surface area (TPSA) is 47.6 Å². The van der Waals surface area contributed by atoms with Crippen LogP contribution in [0.4, 0.5) is 5.69 Å². The molecule has 21 heavy (non-hydrogen) atoms. The second-order valence-electron chi connectivity index (χ2n) is 6.01.